The van der Waals surface area contributed by atoms with Gasteiger partial charge in [-0.05, 0) is 56.3 Å². The zero-order valence-electron chi connectivity index (χ0n) is 16.0. The van der Waals surface area contributed by atoms with Crippen LogP contribution in [0.2, 0.25) is 10.0 Å². The Hall–Kier alpha value is -2.61. The second-order valence-electron chi connectivity index (χ2n) is 6.45. The second-order valence-corrected chi connectivity index (χ2v) is 8.24. The van der Waals surface area contributed by atoms with Crippen molar-refractivity contribution in [3.8, 4) is 5.69 Å². The molecule has 2 aromatic carbocycles. The molecule has 6 nitrogen and oxygen atoms in total. The van der Waals surface area contributed by atoms with E-state index >= 15 is 0 Å². The van der Waals surface area contributed by atoms with Gasteiger partial charge in [0.05, 0.1) is 6.21 Å². The number of nitrogens with one attached hydrogen (secondary N) is 2. The lowest BCUT2D eigenvalue weighted by Crippen LogP contribution is -2.32. The average molecular weight is 508 g/mol. The highest BCUT2D eigenvalue weighted by atomic mass is 79.9. The molecular weight excluding hydrogens is 491 g/mol. The van der Waals surface area contributed by atoms with E-state index in [1.165, 1.54) is 24.4 Å². The van der Waals surface area contributed by atoms with Crippen LogP contribution in [0, 0.1) is 13.8 Å². The number of carbonyl (C=O) groups excluding carboxylic acids is 2. The zero-order chi connectivity index (χ0) is 21.8. The van der Waals surface area contributed by atoms with Gasteiger partial charge in [0.2, 0.25) is 0 Å². The summed E-state index contributed by atoms with van der Waals surface area (Å²) in [5, 5.41) is 7.02. The number of aryl methyl sites for hydroxylation is 1. The van der Waals surface area contributed by atoms with Crippen molar-refractivity contribution in [2.24, 2.45) is 5.10 Å². The maximum Gasteiger partial charge on any atom is 0.329 e. The Balaban J connectivity index is 1.68. The van der Waals surface area contributed by atoms with E-state index in [9.17, 15) is 9.59 Å². The number of rotatable bonds is 4. The Labute approximate surface area is 192 Å². The fourth-order valence-corrected chi connectivity index (χ4v) is 3.87. The largest absolute Gasteiger partial charge is 0.329 e. The molecule has 2 N–H and O–H groups in total. The molecule has 1 heterocycles. The molecule has 0 saturated carbocycles. The van der Waals surface area contributed by atoms with Gasteiger partial charge in [-0.1, -0.05) is 45.2 Å². The number of nitrogens with zero attached hydrogens (tertiary/aromatic N) is 2. The molecule has 30 heavy (non-hydrogen) atoms. The first-order valence-corrected chi connectivity index (χ1v) is 10.3. The highest BCUT2D eigenvalue weighted by Gasteiger charge is 2.14. The predicted octanol–water partition coefficient (Wildman–Crippen LogP) is 5.25. The molecular formula is C21H17BrCl2N4O2. The fraction of sp³-hybridized carbons (Fsp3) is 0.0952. The number of carbonyl (C=O) groups is 2. The van der Waals surface area contributed by atoms with Crippen LogP contribution in [-0.2, 0) is 9.59 Å². The van der Waals surface area contributed by atoms with Crippen LogP contribution >= 0.6 is 39.1 Å². The number of amides is 2. The van der Waals surface area contributed by atoms with Crippen molar-refractivity contribution in [2.45, 2.75) is 13.8 Å². The molecule has 0 radical (unpaired) electrons. The minimum Gasteiger partial charge on any atom is -0.318 e. The summed E-state index contributed by atoms with van der Waals surface area (Å²) < 4.78 is 3.05. The van der Waals surface area contributed by atoms with Crippen molar-refractivity contribution in [3.63, 3.8) is 0 Å². The number of hydrogen-bond acceptors (Lipinski definition) is 3. The SMILES string of the molecule is Cc1cc(/C=N\NC(=O)C(=O)Nc2cc(Cl)cc(Cl)c2)c(C)n1-c1cccc(Br)c1. The van der Waals surface area contributed by atoms with E-state index in [1.807, 2.05) is 44.2 Å². The summed E-state index contributed by atoms with van der Waals surface area (Å²) >= 11 is 15.2. The maximum absolute atomic E-state index is 12.0. The van der Waals surface area contributed by atoms with Crippen LogP contribution in [0.1, 0.15) is 17.0 Å². The van der Waals surface area contributed by atoms with Crippen LogP contribution in [0.15, 0.2) is 58.1 Å². The van der Waals surface area contributed by atoms with E-state index in [-0.39, 0.29) is 0 Å². The summed E-state index contributed by atoms with van der Waals surface area (Å²) in [5.41, 5.74) is 6.31. The molecule has 154 valence electrons. The average Bonchev–Trinajstić information content (AvgIpc) is 2.94. The third-order valence-electron chi connectivity index (χ3n) is 4.23. The predicted molar refractivity (Wildman–Crippen MR) is 124 cm³/mol. The minimum atomic E-state index is -0.914. The standard InChI is InChI=1S/C21H17BrCl2N4O2/c1-12-6-14(13(2)28(12)19-5-3-4-15(22)7-19)11-25-27-21(30)20(29)26-18-9-16(23)8-17(24)10-18/h3-11H,1-2H3,(H,26,29)(H,27,30)/b25-11-. The molecule has 3 rings (SSSR count). The Bertz CT molecular complexity index is 1140. The number of anilines is 1. The molecule has 1 aromatic heterocycles. The smallest absolute Gasteiger partial charge is 0.318 e. The van der Waals surface area contributed by atoms with Gasteiger partial charge in [0.1, 0.15) is 0 Å². The van der Waals surface area contributed by atoms with Crippen molar-refractivity contribution in [3.05, 3.63) is 80.0 Å². The highest BCUT2D eigenvalue weighted by Crippen LogP contribution is 2.23. The Kier molecular flexibility index (Phi) is 6.97. The van der Waals surface area contributed by atoms with E-state index < -0.39 is 11.8 Å². The van der Waals surface area contributed by atoms with Gasteiger partial charge in [0.25, 0.3) is 0 Å². The van der Waals surface area contributed by atoms with Crippen LogP contribution in [0.25, 0.3) is 5.69 Å². The van der Waals surface area contributed by atoms with Crippen molar-refractivity contribution in [1.82, 2.24) is 9.99 Å². The number of benzene rings is 2. The lowest BCUT2D eigenvalue weighted by molar-refractivity contribution is -0.136. The van der Waals surface area contributed by atoms with Crippen molar-refractivity contribution < 1.29 is 9.59 Å². The Morgan fingerprint density at radius 3 is 2.40 bits per heavy atom. The highest BCUT2D eigenvalue weighted by molar-refractivity contribution is 9.10. The lowest BCUT2D eigenvalue weighted by Gasteiger charge is -2.09. The van der Waals surface area contributed by atoms with Crippen LogP contribution in [-0.4, -0.2) is 22.6 Å². The van der Waals surface area contributed by atoms with E-state index in [0.717, 1.165) is 27.1 Å². The fourth-order valence-electron chi connectivity index (χ4n) is 2.96. The molecule has 0 fully saturated rings. The van der Waals surface area contributed by atoms with Gasteiger partial charge in [-0.15, -0.1) is 0 Å². The molecule has 0 unspecified atom stereocenters. The van der Waals surface area contributed by atoms with Gasteiger partial charge in [0, 0.05) is 42.8 Å². The number of hydrazone groups is 1. The molecule has 0 aliphatic heterocycles. The third kappa shape index (κ3) is 5.30. The Morgan fingerprint density at radius 2 is 1.73 bits per heavy atom. The van der Waals surface area contributed by atoms with Gasteiger partial charge in [-0.3, -0.25) is 9.59 Å². The number of hydrogen-bond donors (Lipinski definition) is 2. The van der Waals surface area contributed by atoms with E-state index in [4.69, 9.17) is 23.2 Å². The quantitative estimate of drug-likeness (QED) is 0.287. The first-order valence-electron chi connectivity index (χ1n) is 8.80. The third-order valence-corrected chi connectivity index (χ3v) is 5.16. The van der Waals surface area contributed by atoms with Crippen molar-refractivity contribution in [2.75, 3.05) is 5.32 Å². The summed E-state index contributed by atoms with van der Waals surface area (Å²) in [7, 11) is 0. The lowest BCUT2D eigenvalue weighted by atomic mass is 10.2. The normalized spacial score (nSPS) is 11.0. The summed E-state index contributed by atoms with van der Waals surface area (Å²) in [6.45, 7) is 3.93. The summed E-state index contributed by atoms with van der Waals surface area (Å²) in [6.07, 6.45) is 1.50. The number of aromatic nitrogens is 1. The molecule has 9 heteroatoms. The number of halogens is 3. The molecule has 0 bridgehead atoms. The van der Waals surface area contributed by atoms with Gasteiger partial charge >= 0.3 is 11.8 Å². The monoisotopic (exact) mass is 506 g/mol. The Morgan fingerprint density at radius 1 is 1.03 bits per heavy atom. The molecule has 0 aliphatic carbocycles. The molecule has 0 saturated heterocycles. The van der Waals surface area contributed by atoms with Crippen molar-refractivity contribution in [1.29, 1.82) is 0 Å². The first-order chi connectivity index (χ1) is 14.2. The van der Waals surface area contributed by atoms with E-state index in [1.54, 1.807) is 0 Å². The van der Waals surface area contributed by atoms with Crippen LogP contribution in [0.4, 0.5) is 5.69 Å². The van der Waals surface area contributed by atoms with Gasteiger partial charge < -0.3 is 9.88 Å². The molecule has 0 spiro atoms. The van der Waals surface area contributed by atoms with Gasteiger partial charge in [0.15, 0.2) is 0 Å². The second kappa shape index (κ2) is 9.47. The van der Waals surface area contributed by atoms with Crippen LogP contribution < -0.4 is 10.7 Å². The summed E-state index contributed by atoms with van der Waals surface area (Å²) in [5.74, 6) is -1.80. The molecule has 3 aromatic rings. The summed E-state index contributed by atoms with van der Waals surface area (Å²) in [4.78, 5) is 24.0. The molecule has 0 atom stereocenters. The van der Waals surface area contributed by atoms with Crippen LogP contribution in [0.5, 0.6) is 0 Å². The first kappa shape index (κ1) is 22.1. The zero-order valence-corrected chi connectivity index (χ0v) is 19.1. The van der Waals surface area contributed by atoms with E-state index in [2.05, 4.69) is 36.3 Å². The van der Waals surface area contributed by atoms with Gasteiger partial charge in [-0.25, -0.2) is 5.43 Å². The van der Waals surface area contributed by atoms with E-state index in [0.29, 0.717) is 15.7 Å². The van der Waals surface area contributed by atoms with Gasteiger partial charge in [-0.2, -0.15) is 5.10 Å². The topological polar surface area (TPSA) is 75.5 Å². The minimum absolute atomic E-state index is 0.314. The molecule has 0 aliphatic rings. The molecule has 2 amide bonds. The van der Waals surface area contributed by atoms with Crippen molar-refractivity contribution >= 4 is 62.8 Å². The van der Waals surface area contributed by atoms with Crippen LogP contribution in [0.3, 0.4) is 0 Å². The summed E-state index contributed by atoms with van der Waals surface area (Å²) in [6, 6.07) is 14.4. The maximum atomic E-state index is 12.0.